The molecular formula is C13H16FN3O. The van der Waals surface area contributed by atoms with Gasteiger partial charge in [-0.25, -0.2) is 9.07 Å². The molecule has 1 unspecified atom stereocenters. The van der Waals surface area contributed by atoms with E-state index in [1.54, 1.807) is 16.9 Å². The third kappa shape index (κ3) is 2.03. The molecule has 2 N–H and O–H groups in total. The van der Waals surface area contributed by atoms with Crippen molar-refractivity contribution in [1.29, 1.82) is 0 Å². The molecule has 0 radical (unpaired) electrons. The first kappa shape index (κ1) is 12.4. The Kier molecular flexibility index (Phi) is 3.23. The van der Waals surface area contributed by atoms with Crippen LogP contribution in [-0.2, 0) is 0 Å². The van der Waals surface area contributed by atoms with Crippen LogP contribution in [0.3, 0.4) is 0 Å². The first-order chi connectivity index (χ1) is 8.54. The van der Waals surface area contributed by atoms with Gasteiger partial charge >= 0.3 is 0 Å². The van der Waals surface area contributed by atoms with Crippen molar-refractivity contribution in [2.24, 2.45) is 0 Å². The van der Waals surface area contributed by atoms with E-state index in [0.29, 0.717) is 5.82 Å². The van der Waals surface area contributed by atoms with E-state index >= 15 is 0 Å². The van der Waals surface area contributed by atoms with Gasteiger partial charge in [0.1, 0.15) is 5.82 Å². The number of hydrogen-bond acceptors (Lipinski definition) is 3. The molecule has 1 aromatic heterocycles. The normalized spacial score (nSPS) is 12.4. The molecule has 1 aromatic carbocycles. The van der Waals surface area contributed by atoms with Crippen LogP contribution in [0.15, 0.2) is 24.4 Å². The van der Waals surface area contributed by atoms with E-state index in [4.69, 9.17) is 10.5 Å². The summed E-state index contributed by atoms with van der Waals surface area (Å²) < 4.78 is 20.2. The Morgan fingerprint density at radius 1 is 1.44 bits per heavy atom. The summed E-state index contributed by atoms with van der Waals surface area (Å²) in [5.41, 5.74) is 7.62. The number of halogens is 1. The summed E-state index contributed by atoms with van der Waals surface area (Å²) in [5, 5.41) is 4.20. The Bertz CT molecular complexity index is 565. The van der Waals surface area contributed by atoms with Crippen LogP contribution in [0.4, 0.5) is 10.2 Å². The number of methoxy groups -OCH3 is 1. The Hall–Kier alpha value is -2.04. The lowest BCUT2D eigenvalue weighted by molar-refractivity contribution is 0.385. The van der Waals surface area contributed by atoms with Crippen LogP contribution in [-0.4, -0.2) is 16.9 Å². The zero-order valence-electron chi connectivity index (χ0n) is 10.6. The summed E-state index contributed by atoms with van der Waals surface area (Å²) in [7, 11) is 1.44. The minimum Gasteiger partial charge on any atom is -0.494 e. The van der Waals surface area contributed by atoms with E-state index < -0.39 is 0 Å². The maximum Gasteiger partial charge on any atom is 0.165 e. The second-order valence-electron chi connectivity index (χ2n) is 4.23. The van der Waals surface area contributed by atoms with Crippen molar-refractivity contribution in [1.82, 2.24) is 9.78 Å². The topological polar surface area (TPSA) is 53.1 Å². The van der Waals surface area contributed by atoms with E-state index in [1.807, 2.05) is 19.9 Å². The highest BCUT2D eigenvalue weighted by Crippen LogP contribution is 2.26. The van der Waals surface area contributed by atoms with Crippen LogP contribution in [0, 0.1) is 12.7 Å². The van der Waals surface area contributed by atoms with Crippen LogP contribution in [0.5, 0.6) is 5.75 Å². The number of hydrogen-bond donors (Lipinski definition) is 1. The average Bonchev–Trinajstić information content (AvgIpc) is 2.69. The fraction of sp³-hybridized carbons (Fsp3) is 0.308. The van der Waals surface area contributed by atoms with Gasteiger partial charge in [-0.15, -0.1) is 0 Å². The van der Waals surface area contributed by atoms with E-state index in [2.05, 4.69) is 5.10 Å². The Balaban J connectivity index is 2.37. The van der Waals surface area contributed by atoms with E-state index in [1.165, 1.54) is 13.2 Å². The van der Waals surface area contributed by atoms with E-state index in [9.17, 15) is 4.39 Å². The molecule has 0 aliphatic heterocycles. The zero-order chi connectivity index (χ0) is 13.3. The van der Waals surface area contributed by atoms with Gasteiger partial charge in [-0.3, -0.25) is 0 Å². The Morgan fingerprint density at radius 3 is 2.67 bits per heavy atom. The Labute approximate surface area is 105 Å². The van der Waals surface area contributed by atoms with Crippen molar-refractivity contribution in [3.05, 3.63) is 41.3 Å². The molecule has 0 spiro atoms. The van der Waals surface area contributed by atoms with Crippen LogP contribution in [0.25, 0.3) is 0 Å². The van der Waals surface area contributed by atoms with Gasteiger partial charge in [0.2, 0.25) is 0 Å². The largest absolute Gasteiger partial charge is 0.494 e. The van der Waals surface area contributed by atoms with Crippen molar-refractivity contribution >= 4 is 5.82 Å². The van der Waals surface area contributed by atoms with Gasteiger partial charge in [0.05, 0.1) is 19.3 Å². The lowest BCUT2D eigenvalue weighted by Gasteiger charge is -2.15. The summed E-state index contributed by atoms with van der Waals surface area (Å²) >= 11 is 0. The zero-order valence-corrected chi connectivity index (χ0v) is 10.6. The molecule has 96 valence electrons. The number of aromatic nitrogens is 2. The number of aryl methyl sites for hydroxylation is 1. The lowest BCUT2D eigenvalue weighted by atomic mass is 10.1. The first-order valence-corrected chi connectivity index (χ1v) is 5.67. The third-order valence-electron chi connectivity index (χ3n) is 3.05. The summed E-state index contributed by atoms with van der Waals surface area (Å²) in [6, 6.07) is 4.73. The standard InChI is InChI=1S/C13H16FN3O/c1-8-7-16-17(13(8)15)9(2)10-4-5-12(18-3)11(14)6-10/h4-7,9H,15H2,1-3H3. The molecule has 2 aromatic rings. The van der Waals surface area contributed by atoms with Crippen molar-refractivity contribution in [2.45, 2.75) is 19.9 Å². The molecule has 1 atom stereocenters. The highest BCUT2D eigenvalue weighted by atomic mass is 19.1. The molecule has 2 rings (SSSR count). The number of nitrogens with two attached hydrogens (primary N) is 1. The number of rotatable bonds is 3. The molecule has 5 heteroatoms. The minimum absolute atomic E-state index is 0.126. The lowest BCUT2D eigenvalue weighted by Crippen LogP contribution is -2.12. The van der Waals surface area contributed by atoms with Gasteiger partial charge in [0.25, 0.3) is 0 Å². The molecule has 0 aliphatic carbocycles. The fourth-order valence-corrected chi connectivity index (χ4v) is 1.85. The minimum atomic E-state index is -0.385. The maximum absolute atomic E-state index is 13.6. The van der Waals surface area contributed by atoms with Crippen molar-refractivity contribution in [2.75, 3.05) is 12.8 Å². The number of ether oxygens (including phenoxy) is 1. The fourth-order valence-electron chi connectivity index (χ4n) is 1.85. The van der Waals surface area contributed by atoms with Crippen LogP contribution in [0.2, 0.25) is 0 Å². The molecule has 0 saturated heterocycles. The smallest absolute Gasteiger partial charge is 0.165 e. The second-order valence-corrected chi connectivity index (χ2v) is 4.23. The van der Waals surface area contributed by atoms with Crippen molar-refractivity contribution < 1.29 is 9.13 Å². The molecule has 0 fully saturated rings. The summed E-state index contributed by atoms with van der Waals surface area (Å²) in [4.78, 5) is 0. The van der Waals surface area contributed by atoms with E-state index in [-0.39, 0.29) is 17.6 Å². The molecule has 18 heavy (non-hydrogen) atoms. The average molecular weight is 249 g/mol. The van der Waals surface area contributed by atoms with Crippen LogP contribution < -0.4 is 10.5 Å². The highest BCUT2D eigenvalue weighted by Gasteiger charge is 2.14. The number of anilines is 1. The number of nitrogen functional groups attached to an aromatic ring is 1. The van der Waals surface area contributed by atoms with Gasteiger partial charge in [0.15, 0.2) is 11.6 Å². The van der Waals surface area contributed by atoms with Crippen molar-refractivity contribution in [3.63, 3.8) is 0 Å². The summed E-state index contributed by atoms with van der Waals surface area (Å²) in [6.45, 7) is 3.81. The van der Waals surface area contributed by atoms with E-state index in [0.717, 1.165) is 11.1 Å². The predicted octanol–water partition coefficient (Wildman–Crippen LogP) is 2.53. The van der Waals surface area contributed by atoms with Gasteiger partial charge < -0.3 is 10.5 Å². The van der Waals surface area contributed by atoms with Gasteiger partial charge in [0, 0.05) is 5.56 Å². The molecular weight excluding hydrogens is 233 g/mol. The molecule has 0 aliphatic rings. The summed E-state index contributed by atoms with van der Waals surface area (Å²) in [5.74, 6) is 0.443. The Morgan fingerprint density at radius 2 is 2.17 bits per heavy atom. The number of nitrogens with zero attached hydrogens (tertiary/aromatic N) is 2. The van der Waals surface area contributed by atoms with Crippen LogP contribution >= 0.6 is 0 Å². The molecule has 4 nitrogen and oxygen atoms in total. The molecule has 0 bridgehead atoms. The second kappa shape index (κ2) is 4.68. The van der Waals surface area contributed by atoms with Crippen LogP contribution in [0.1, 0.15) is 24.1 Å². The highest BCUT2D eigenvalue weighted by molar-refractivity contribution is 5.39. The van der Waals surface area contributed by atoms with Gasteiger partial charge in [-0.2, -0.15) is 5.10 Å². The van der Waals surface area contributed by atoms with Gasteiger partial charge in [-0.05, 0) is 31.5 Å². The summed E-state index contributed by atoms with van der Waals surface area (Å²) in [6.07, 6.45) is 1.70. The van der Waals surface area contributed by atoms with Crippen molar-refractivity contribution in [3.8, 4) is 5.75 Å². The molecule has 0 amide bonds. The predicted molar refractivity (Wildman–Crippen MR) is 68.1 cm³/mol. The maximum atomic E-state index is 13.6. The first-order valence-electron chi connectivity index (χ1n) is 5.67. The van der Waals surface area contributed by atoms with Gasteiger partial charge in [-0.1, -0.05) is 6.07 Å². The quantitative estimate of drug-likeness (QED) is 0.909. The monoisotopic (exact) mass is 249 g/mol. The molecule has 0 saturated carbocycles. The number of benzene rings is 1. The molecule has 1 heterocycles. The SMILES string of the molecule is COc1ccc(C(C)n2ncc(C)c2N)cc1F. The third-order valence-corrected chi connectivity index (χ3v) is 3.05.